The minimum Gasteiger partial charge on any atom is -0.494 e. The Morgan fingerprint density at radius 1 is 0.371 bits per heavy atom. The molecule has 0 saturated heterocycles. The normalized spacial score (nSPS) is 11.8. The number of aryl methyl sites for hydroxylation is 2. The van der Waals surface area contributed by atoms with Crippen LogP contribution in [0, 0.1) is 0 Å². The maximum atomic E-state index is 14.3. The molecule has 0 amide bonds. The number of hydrogen-bond donors (Lipinski definition) is 2. The molecule has 310 valence electrons. The minimum absolute atomic E-state index is 0.0791. The Balaban J connectivity index is 1.04. The van der Waals surface area contributed by atoms with E-state index >= 15 is 0 Å². The van der Waals surface area contributed by atoms with Gasteiger partial charge in [-0.2, -0.15) is 0 Å². The van der Waals surface area contributed by atoms with E-state index in [1.54, 1.807) is 0 Å². The summed E-state index contributed by atoms with van der Waals surface area (Å²) in [7, 11) is 0. The average molecular weight is 823 g/mol. The Morgan fingerprint density at radius 2 is 0.790 bits per heavy atom. The zero-order valence-corrected chi connectivity index (χ0v) is 34.0. The van der Waals surface area contributed by atoms with Crippen molar-refractivity contribution in [1.82, 2.24) is 18.3 Å². The van der Waals surface area contributed by atoms with E-state index in [1.165, 1.54) is 13.7 Å². The molecule has 2 heterocycles. The lowest BCUT2D eigenvalue weighted by Crippen LogP contribution is -2.41. The molecule has 8 aromatic rings. The van der Waals surface area contributed by atoms with Crippen LogP contribution in [0.15, 0.2) is 201 Å². The fourth-order valence-corrected chi connectivity index (χ4v) is 8.13. The first-order valence-electron chi connectivity index (χ1n) is 20.7. The van der Waals surface area contributed by atoms with E-state index in [0.717, 1.165) is 61.2 Å². The van der Waals surface area contributed by atoms with Crippen molar-refractivity contribution in [3.63, 3.8) is 0 Å². The monoisotopic (exact) mass is 822 g/mol. The Hall–Kier alpha value is -7.72. The van der Waals surface area contributed by atoms with Crippen molar-refractivity contribution in [1.29, 1.82) is 0 Å². The number of hydrogen-bond acceptors (Lipinski definition) is 6. The molecular formula is C52H46N4O6. The largest absolute Gasteiger partial charge is 0.494 e. The van der Waals surface area contributed by atoms with Crippen LogP contribution in [0.25, 0.3) is 11.1 Å². The molecule has 1 unspecified atom stereocenters. The molecule has 10 nitrogen and oxygen atoms in total. The van der Waals surface area contributed by atoms with Gasteiger partial charge in [0.25, 0.3) is 11.1 Å². The van der Waals surface area contributed by atoms with Gasteiger partial charge in [-0.05, 0) is 57.3 Å². The van der Waals surface area contributed by atoms with Gasteiger partial charge in [0.1, 0.15) is 0 Å². The molecule has 1 atom stereocenters. The van der Waals surface area contributed by atoms with Crippen LogP contribution in [0.2, 0.25) is 0 Å². The SMILES string of the molecule is O=c1cc(O)n(CCc2ccccc2)c(=O)n1CCc1cccc(-c2ccc(C(Cn3c(O)cc(=O)n(CC(c4ccccc4)c4ccccc4)c3=O)c3ccccc3)cc2)c1. The number of nitrogens with zero attached hydrogens (tertiary/aromatic N) is 4. The minimum atomic E-state index is -0.595. The van der Waals surface area contributed by atoms with E-state index in [4.69, 9.17) is 0 Å². The summed E-state index contributed by atoms with van der Waals surface area (Å²) in [6.07, 6.45) is 0.943. The molecule has 0 aliphatic carbocycles. The molecule has 0 spiro atoms. The van der Waals surface area contributed by atoms with Crippen molar-refractivity contribution in [3.05, 3.63) is 257 Å². The highest BCUT2D eigenvalue weighted by Gasteiger charge is 2.23. The Labute approximate surface area is 358 Å². The first-order chi connectivity index (χ1) is 30.2. The summed E-state index contributed by atoms with van der Waals surface area (Å²) in [6.45, 7) is 0.549. The molecule has 10 heteroatoms. The molecule has 2 N–H and O–H groups in total. The quantitative estimate of drug-likeness (QED) is 0.110. The maximum Gasteiger partial charge on any atom is 0.333 e. The summed E-state index contributed by atoms with van der Waals surface area (Å²) < 4.78 is 4.88. The molecule has 0 saturated carbocycles. The zero-order valence-electron chi connectivity index (χ0n) is 34.0. The van der Waals surface area contributed by atoms with Gasteiger partial charge in [-0.1, -0.05) is 170 Å². The third-order valence-corrected chi connectivity index (χ3v) is 11.5. The molecule has 0 radical (unpaired) electrons. The van der Waals surface area contributed by atoms with E-state index in [0.29, 0.717) is 12.8 Å². The highest BCUT2D eigenvalue weighted by Crippen LogP contribution is 2.31. The predicted molar refractivity (Wildman–Crippen MR) is 242 cm³/mol. The lowest BCUT2D eigenvalue weighted by Gasteiger charge is -2.23. The van der Waals surface area contributed by atoms with Crippen LogP contribution in [-0.2, 0) is 39.0 Å². The van der Waals surface area contributed by atoms with Crippen molar-refractivity contribution < 1.29 is 10.2 Å². The van der Waals surface area contributed by atoms with Gasteiger partial charge in [0.15, 0.2) is 0 Å². The third-order valence-electron chi connectivity index (χ3n) is 11.5. The molecule has 62 heavy (non-hydrogen) atoms. The van der Waals surface area contributed by atoms with Crippen LogP contribution >= 0.6 is 0 Å². The van der Waals surface area contributed by atoms with Gasteiger partial charge in [0.2, 0.25) is 11.8 Å². The van der Waals surface area contributed by atoms with Gasteiger partial charge in [-0.3, -0.25) is 27.9 Å². The van der Waals surface area contributed by atoms with Gasteiger partial charge in [0, 0.05) is 38.0 Å². The molecule has 6 aromatic carbocycles. The fourth-order valence-electron chi connectivity index (χ4n) is 8.13. The van der Waals surface area contributed by atoms with E-state index in [2.05, 4.69) is 0 Å². The van der Waals surface area contributed by atoms with Crippen molar-refractivity contribution in [2.24, 2.45) is 0 Å². The average Bonchev–Trinajstić information content (AvgIpc) is 3.30. The maximum absolute atomic E-state index is 14.3. The van der Waals surface area contributed by atoms with Crippen LogP contribution < -0.4 is 22.5 Å². The Kier molecular flexibility index (Phi) is 12.4. The van der Waals surface area contributed by atoms with E-state index < -0.39 is 28.4 Å². The van der Waals surface area contributed by atoms with Gasteiger partial charge >= 0.3 is 11.4 Å². The van der Waals surface area contributed by atoms with Gasteiger partial charge in [0.05, 0.1) is 12.1 Å². The first kappa shape index (κ1) is 41.0. The van der Waals surface area contributed by atoms with Crippen molar-refractivity contribution in [3.8, 4) is 22.9 Å². The van der Waals surface area contributed by atoms with E-state index in [-0.39, 0.29) is 43.9 Å². The summed E-state index contributed by atoms with van der Waals surface area (Å²) >= 11 is 0. The standard InChI is InChI=1S/C52H46N4O6/c57-47-33-48(58)54(51(61)53(47)30-28-37-14-5-1-6-15-37)31-29-38-16-13-23-44(32-38)39-24-26-43(27-25-39)46(42-21-11-4-12-22-42)36-56-50(60)34-49(59)55(52(56)62)35-45(40-17-7-2-8-18-40)41-19-9-3-10-20-41/h1-27,32-34,45-46,57,60H,28-31,35-36H2. The van der Waals surface area contributed by atoms with Crippen molar-refractivity contribution in [2.45, 2.75) is 50.9 Å². The molecule has 0 aliphatic heterocycles. The highest BCUT2D eigenvalue weighted by atomic mass is 16.3. The molecule has 0 fully saturated rings. The molecule has 0 bridgehead atoms. The van der Waals surface area contributed by atoms with Gasteiger partial charge in [-0.15, -0.1) is 0 Å². The molecule has 2 aromatic heterocycles. The summed E-state index contributed by atoms with van der Waals surface area (Å²) in [5, 5.41) is 21.6. The second-order valence-corrected chi connectivity index (χ2v) is 15.4. The lowest BCUT2D eigenvalue weighted by molar-refractivity contribution is 0.379. The van der Waals surface area contributed by atoms with Crippen LogP contribution in [0.3, 0.4) is 0 Å². The van der Waals surface area contributed by atoms with E-state index in [1.807, 2.05) is 170 Å². The number of aromatic hydroxyl groups is 2. The fraction of sp³-hybridized carbons (Fsp3) is 0.154. The third kappa shape index (κ3) is 9.19. The van der Waals surface area contributed by atoms with E-state index in [9.17, 15) is 29.4 Å². The second-order valence-electron chi connectivity index (χ2n) is 15.4. The number of benzene rings is 6. The zero-order chi connectivity index (χ0) is 43.0. The molecular weight excluding hydrogens is 777 g/mol. The van der Waals surface area contributed by atoms with Crippen molar-refractivity contribution >= 4 is 0 Å². The lowest BCUT2D eigenvalue weighted by atomic mass is 9.89. The summed E-state index contributed by atoms with van der Waals surface area (Å²) in [4.78, 5) is 54.0. The number of aromatic nitrogens is 4. The smallest absolute Gasteiger partial charge is 0.333 e. The van der Waals surface area contributed by atoms with Crippen LogP contribution in [0.4, 0.5) is 0 Å². The summed E-state index contributed by atoms with van der Waals surface area (Å²) in [6, 6.07) is 57.1. The second kappa shape index (κ2) is 18.7. The topological polar surface area (TPSA) is 128 Å². The number of rotatable bonds is 15. The van der Waals surface area contributed by atoms with Crippen LogP contribution in [0.5, 0.6) is 11.8 Å². The van der Waals surface area contributed by atoms with Crippen LogP contribution in [0.1, 0.15) is 45.2 Å². The van der Waals surface area contributed by atoms with Gasteiger partial charge in [-0.25, -0.2) is 9.59 Å². The van der Waals surface area contributed by atoms with Gasteiger partial charge < -0.3 is 10.2 Å². The highest BCUT2D eigenvalue weighted by molar-refractivity contribution is 5.64. The predicted octanol–water partition coefficient (Wildman–Crippen LogP) is 7.56. The Morgan fingerprint density at radius 3 is 1.35 bits per heavy atom. The van der Waals surface area contributed by atoms with Crippen LogP contribution in [-0.4, -0.2) is 28.5 Å². The summed E-state index contributed by atoms with van der Waals surface area (Å²) in [5.41, 5.74) is 5.31. The summed E-state index contributed by atoms with van der Waals surface area (Å²) in [5.74, 6) is -1.39. The van der Waals surface area contributed by atoms with Crippen molar-refractivity contribution in [2.75, 3.05) is 0 Å². The Bertz CT molecular complexity index is 2980. The molecule has 0 aliphatic rings. The first-order valence-corrected chi connectivity index (χ1v) is 20.7. The molecule has 8 rings (SSSR count).